The molecule has 2 unspecified atom stereocenters. The lowest BCUT2D eigenvalue weighted by Crippen LogP contribution is -2.51. The molecular formula is C33H52NO3+. The summed E-state index contributed by atoms with van der Waals surface area (Å²) in [4.78, 5) is 12.8. The van der Waals surface area contributed by atoms with Gasteiger partial charge in [0.25, 0.3) is 0 Å². The first-order valence-corrected chi connectivity index (χ1v) is 14.6. The number of rotatable bonds is 19. The van der Waals surface area contributed by atoms with Gasteiger partial charge >= 0.3 is 5.97 Å². The van der Waals surface area contributed by atoms with E-state index in [1.165, 1.54) is 68.9 Å². The fourth-order valence-corrected chi connectivity index (χ4v) is 4.65. The van der Waals surface area contributed by atoms with Gasteiger partial charge in [-0.3, -0.25) is 0 Å². The summed E-state index contributed by atoms with van der Waals surface area (Å²) in [7, 11) is 4.16. The van der Waals surface area contributed by atoms with Crippen molar-refractivity contribution in [1.82, 2.24) is 0 Å². The molecule has 0 aliphatic carbocycles. The summed E-state index contributed by atoms with van der Waals surface area (Å²) in [5, 5.41) is 0. The SMILES string of the molecule is CCCCCCCCCCCc1ccccc1OC(C)CCOC(=O)C(C)[N+](C)(C)Cc1ccccc1. The summed E-state index contributed by atoms with van der Waals surface area (Å²) in [6.07, 6.45) is 13.8. The molecule has 0 spiro atoms. The van der Waals surface area contributed by atoms with E-state index >= 15 is 0 Å². The Morgan fingerprint density at radius 3 is 2.08 bits per heavy atom. The number of quaternary nitrogens is 1. The number of benzene rings is 2. The van der Waals surface area contributed by atoms with Crippen LogP contribution in [0.5, 0.6) is 5.75 Å². The molecule has 2 rings (SSSR count). The van der Waals surface area contributed by atoms with Crippen molar-refractivity contribution >= 4 is 5.97 Å². The lowest BCUT2D eigenvalue weighted by atomic mass is 10.0. The third kappa shape index (κ3) is 12.2. The van der Waals surface area contributed by atoms with Crippen LogP contribution in [0.25, 0.3) is 0 Å². The van der Waals surface area contributed by atoms with E-state index < -0.39 is 0 Å². The van der Waals surface area contributed by atoms with Crippen LogP contribution >= 0.6 is 0 Å². The van der Waals surface area contributed by atoms with Gasteiger partial charge in [-0.05, 0) is 38.3 Å². The van der Waals surface area contributed by atoms with Crippen molar-refractivity contribution in [1.29, 1.82) is 0 Å². The van der Waals surface area contributed by atoms with Gasteiger partial charge in [0.05, 0.1) is 26.8 Å². The molecule has 0 amide bonds. The standard InChI is InChI=1S/C33H52NO3/c1-6-7-8-9-10-11-12-13-17-22-31-23-18-19-24-32(31)37-28(2)25-26-36-33(35)29(3)34(4,5)27-30-20-15-14-16-21-30/h14-16,18-21,23-24,28-29H,6-13,17,22,25-27H2,1-5H3/q+1. The van der Waals surface area contributed by atoms with Gasteiger partial charge in [-0.2, -0.15) is 0 Å². The predicted octanol–water partition coefficient (Wildman–Crippen LogP) is 8.13. The highest BCUT2D eigenvalue weighted by molar-refractivity contribution is 5.74. The van der Waals surface area contributed by atoms with E-state index in [2.05, 4.69) is 58.3 Å². The van der Waals surface area contributed by atoms with Crippen LogP contribution in [0.2, 0.25) is 0 Å². The topological polar surface area (TPSA) is 35.5 Å². The van der Waals surface area contributed by atoms with Crippen molar-refractivity contribution in [2.45, 2.75) is 110 Å². The van der Waals surface area contributed by atoms with Crippen LogP contribution < -0.4 is 4.74 Å². The third-order valence-electron chi connectivity index (χ3n) is 7.44. The number of para-hydroxylation sites is 1. The van der Waals surface area contributed by atoms with E-state index in [4.69, 9.17) is 9.47 Å². The Bertz CT molecular complexity index is 880. The number of ether oxygens (including phenoxy) is 2. The highest BCUT2D eigenvalue weighted by atomic mass is 16.5. The Balaban J connectivity index is 1.69. The molecule has 0 bridgehead atoms. The number of unbranched alkanes of at least 4 members (excludes halogenated alkanes) is 8. The summed E-state index contributed by atoms with van der Waals surface area (Å²) in [5.41, 5.74) is 2.50. The molecular weight excluding hydrogens is 458 g/mol. The van der Waals surface area contributed by atoms with Gasteiger partial charge in [-0.1, -0.05) is 107 Å². The molecule has 0 radical (unpaired) electrons. The first-order chi connectivity index (χ1) is 17.8. The van der Waals surface area contributed by atoms with Gasteiger partial charge in [-0.15, -0.1) is 0 Å². The lowest BCUT2D eigenvalue weighted by molar-refractivity contribution is -0.917. The smallest absolute Gasteiger partial charge is 0.364 e. The zero-order valence-corrected chi connectivity index (χ0v) is 24.2. The van der Waals surface area contributed by atoms with Gasteiger partial charge in [-0.25, -0.2) is 4.79 Å². The highest BCUT2D eigenvalue weighted by Gasteiger charge is 2.32. The second-order valence-electron chi connectivity index (χ2n) is 11.2. The van der Waals surface area contributed by atoms with Crippen LogP contribution in [0.15, 0.2) is 54.6 Å². The molecule has 0 saturated carbocycles. The molecule has 4 nitrogen and oxygen atoms in total. The Morgan fingerprint density at radius 1 is 0.811 bits per heavy atom. The van der Waals surface area contributed by atoms with Crippen molar-refractivity contribution in [3.8, 4) is 5.75 Å². The Kier molecular flexibility index (Phi) is 14.4. The second-order valence-corrected chi connectivity index (χ2v) is 11.2. The molecule has 0 aliphatic heterocycles. The van der Waals surface area contributed by atoms with E-state index in [9.17, 15) is 4.79 Å². The fraction of sp³-hybridized carbons (Fsp3) is 0.606. The summed E-state index contributed by atoms with van der Waals surface area (Å²) in [6.45, 7) is 7.44. The highest BCUT2D eigenvalue weighted by Crippen LogP contribution is 2.23. The second kappa shape index (κ2) is 17.2. The van der Waals surface area contributed by atoms with E-state index in [1.807, 2.05) is 31.2 Å². The van der Waals surface area contributed by atoms with E-state index in [0.717, 1.165) is 18.7 Å². The van der Waals surface area contributed by atoms with Gasteiger partial charge in [0, 0.05) is 12.0 Å². The van der Waals surface area contributed by atoms with Crippen molar-refractivity contribution in [2.75, 3.05) is 20.7 Å². The monoisotopic (exact) mass is 510 g/mol. The zero-order valence-electron chi connectivity index (χ0n) is 24.2. The molecule has 2 aromatic carbocycles. The molecule has 37 heavy (non-hydrogen) atoms. The number of esters is 1. The Morgan fingerprint density at radius 2 is 1.41 bits per heavy atom. The average molecular weight is 511 g/mol. The maximum Gasteiger partial charge on any atom is 0.364 e. The average Bonchev–Trinajstić information content (AvgIpc) is 2.88. The predicted molar refractivity (Wildman–Crippen MR) is 155 cm³/mol. The summed E-state index contributed by atoms with van der Waals surface area (Å²) in [5.74, 6) is 0.814. The van der Waals surface area contributed by atoms with Crippen LogP contribution in [-0.2, 0) is 22.5 Å². The van der Waals surface area contributed by atoms with Crippen LogP contribution in [-0.4, -0.2) is 43.3 Å². The summed E-state index contributed by atoms with van der Waals surface area (Å²) in [6, 6.07) is 18.4. The molecule has 4 heteroatoms. The lowest BCUT2D eigenvalue weighted by Gasteiger charge is -2.34. The van der Waals surface area contributed by atoms with Crippen molar-refractivity contribution in [2.24, 2.45) is 0 Å². The number of aryl methyl sites for hydroxylation is 1. The fourth-order valence-electron chi connectivity index (χ4n) is 4.65. The quantitative estimate of drug-likeness (QED) is 0.109. The minimum absolute atomic E-state index is 0.0146. The number of nitrogens with zero attached hydrogens (tertiary/aromatic N) is 1. The molecule has 0 aliphatic rings. The zero-order chi connectivity index (χ0) is 26.9. The molecule has 2 aromatic rings. The molecule has 0 fully saturated rings. The number of carbonyl (C=O) groups excluding carboxylic acids is 1. The molecule has 0 heterocycles. The van der Waals surface area contributed by atoms with E-state index in [0.29, 0.717) is 17.5 Å². The van der Waals surface area contributed by atoms with Crippen molar-refractivity contribution in [3.63, 3.8) is 0 Å². The third-order valence-corrected chi connectivity index (χ3v) is 7.44. The van der Waals surface area contributed by atoms with Gasteiger partial charge in [0.2, 0.25) is 0 Å². The first kappa shape index (κ1) is 30.9. The molecule has 206 valence electrons. The largest absolute Gasteiger partial charge is 0.490 e. The maximum atomic E-state index is 12.8. The molecule has 2 atom stereocenters. The maximum absolute atomic E-state index is 12.8. The van der Waals surface area contributed by atoms with Crippen LogP contribution in [0, 0.1) is 0 Å². The molecule has 0 N–H and O–H groups in total. The number of hydrogen-bond donors (Lipinski definition) is 0. The van der Waals surface area contributed by atoms with Gasteiger partial charge in [0.1, 0.15) is 12.3 Å². The Labute approximate surface area is 227 Å². The van der Waals surface area contributed by atoms with Gasteiger partial charge in [0.15, 0.2) is 6.04 Å². The molecule has 0 aromatic heterocycles. The first-order valence-electron chi connectivity index (χ1n) is 14.6. The van der Waals surface area contributed by atoms with E-state index in [-0.39, 0.29) is 18.1 Å². The number of hydrogen-bond acceptors (Lipinski definition) is 3. The van der Waals surface area contributed by atoms with Crippen LogP contribution in [0.4, 0.5) is 0 Å². The minimum atomic E-state index is -0.242. The van der Waals surface area contributed by atoms with Gasteiger partial charge < -0.3 is 14.0 Å². The normalized spacial score (nSPS) is 13.2. The minimum Gasteiger partial charge on any atom is -0.490 e. The van der Waals surface area contributed by atoms with Crippen molar-refractivity contribution < 1.29 is 18.8 Å². The summed E-state index contributed by atoms with van der Waals surface area (Å²) >= 11 is 0. The molecule has 0 saturated heterocycles. The van der Waals surface area contributed by atoms with Crippen molar-refractivity contribution in [3.05, 3.63) is 65.7 Å². The number of carbonyl (C=O) groups is 1. The van der Waals surface area contributed by atoms with E-state index in [1.54, 1.807) is 0 Å². The van der Waals surface area contributed by atoms with Crippen LogP contribution in [0.3, 0.4) is 0 Å². The number of likely N-dealkylation sites (N-methyl/N-ethyl adjacent to an activating group) is 1. The van der Waals surface area contributed by atoms with Crippen LogP contribution in [0.1, 0.15) is 96.1 Å². The summed E-state index contributed by atoms with van der Waals surface area (Å²) < 4.78 is 12.5. The Hall–Kier alpha value is -2.33.